The van der Waals surface area contributed by atoms with Crippen LogP contribution in [0.15, 0.2) is 60.7 Å². The van der Waals surface area contributed by atoms with Crippen LogP contribution < -0.4 is 15.4 Å². The highest BCUT2D eigenvalue weighted by Crippen LogP contribution is 2.55. The monoisotopic (exact) mass is 549 g/mol. The maximum atomic E-state index is 14.2. The molecule has 39 heavy (non-hydrogen) atoms. The van der Waals surface area contributed by atoms with Crippen molar-refractivity contribution in [2.45, 2.75) is 62.4 Å². The van der Waals surface area contributed by atoms with Crippen molar-refractivity contribution in [3.05, 3.63) is 71.3 Å². The largest absolute Gasteiger partial charge is 0.496 e. The maximum Gasteiger partial charge on any atom is 0.246 e. The van der Waals surface area contributed by atoms with Gasteiger partial charge in [-0.1, -0.05) is 67.3 Å². The number of methoxy groups -OCH3 is 1. The smallest absolute Gasteiger partial charge is 0.246 e. The lowest BCUT2D eigenvalue weighted by atomic mass is 9.74. The van der Waals surface area contributed by atoms with Gasteiger partial charge in [-0.25, -0.2) is 0 Å². The van der Waals surface area contributed by atoms with Crippen LogP contribution in [0.2, 0.25) is 5.02 Å². The third-order valence-electron chi connectivity index (χ3n) is 8.50. The molecule has 0 radical (unpaired) electrons. The number of carbonyl (C=O) groups is 3. The summed E-state index contributed by atoms with van der Waals surface area (Å²) in [6.45, 7) is 0.161. The first-order valence-corrected chi connectivity index (χ1v) is 14.0. The van der Waals surface area contributed by atoms with E-state index >= 15 is 0 Å². The number of rotatable bonds is 7. The molecule has 3 heterocycles. The van der Waals surface area contributed by atoms with E-state index < -0.39 is 29.6 Å². The van der Waals surface area contributed by atoms with E-state index in [4.69, 9.17) is 21.1 Å². The predicted molar refractivity (Wildman–Crippen MR) is 146 cm³/mol. The van der Waals surface area contributed by atoms with Gasteiger partial charge in [-0.15, -0.1) is 0 Å². The fourth-order valence-corrected chi connectivity index (χ4v) is 6.96. The lowest BCUT2D eigenvalue weighted by molar-refractivity contribution is -0.142. The van der Waals surface area contributed by atoms with Crippen molar-refractivity contribution < 1.29 is 23.9 Å². The van der Waals surface area contributed by atoms with Gasteiger partial charge in [0.05, 0.1) is 31.6 Å². The Balaban J connectivity index is 1.34. The zero-order chi connectivity index (χ0) is 27.1. The van der Waals surface area contributed by atoms with Crippen molar-refractivity contribution in [1.29, 1.82) is 0 Å². The molecule has 2 aromatic carbocycles. The second kappa shape index (κ2) is 10.3. The molecular formula is C30H32ClN3O5. The van der Waals surface area contributed by atoms with E-state index in [0.29, 0.717) is 16.5 Å². The number of halogens is 1. The standard InChI is InChI=1S/C30H32ClN3O5/c1-38-22-13-6-5-8-18(22)17-34-26(28(36)32-20-10-3-2-4-11-20)30-15-14-23(39-30)24(25(30)29(34)37)27(35)33-21-12-7-9-19(31)16-21/h5-9,12-16,20,23-26H,2-4,10-11,17H2,1H3,(H,32,36)(H,33,35)/t23-,24+,25-,26-,30+/m1/s1. The fraction of sp³-hybridized carbons (Fsp3) is 0.433. The van der Waals surface area contributed by atoms with Crippen molar-refractivity contribution in [3.8, 4) is 5.75 Å². The van der Waals surface area contributed by atoms with Gasteiger partial charge in [0.25, 0.3) is 0 Å². The van der Waals surface area contributed by atoms with Gasteiger partial charge in [0.15, 0.2) is 0 Å². The van der Waals surface area contributed by atoms with Crippen molar-refractivity contribution in [2.24, 2.45) is 11.8 Å². The quantitative estimate of drug-likeness (QED) is 0.507. The molecule has 1 spiro atoms. The fourth-order valence-electron chi connectivity index (χ4n) is 6.77. The van der Waals surface area contributed by atoms with Crippen LogP contribution in [0.25, 0.3) is 0 Å². The second-order valence-electron chi connectivity index (χ2n) is 10.8. The molecule has 0 unspecified atom stereocenters. The van der Waals surface area contributed by atoms with Crippen LogP contribution in [0, 0.1) is 11.8 Å². The average molecular weight is 550 g/mol. The van der Waals surface area contributed by atoms with Gasteiger partial charge in [-0.3, -0.25) is 14.4 Å². The van der Waals surface area contributed by atoms with Gasteiger partial charge in [0.2, 0.25) is 17.7 Å². The summed E-state index contributed by atoms with van der Waals surface area (Å²) in [6, 6.07) is 13.5. The molecule has 3 aliphatic heterocycles. The Morgan fingerprint density at radius 3 is 2.67 bits per heavy atom. The third kappa shape index (κ3) is 4.49. The first-order valence-electron chi connectivity index (χ1n) is 13.6. The summed E-state index contributed by atoms with van der Waals surface area (Å²) >= 11 is 6.11. The molecule has 2 bridgehead atoms. The maximum absolute atomic E-state index is 14.2. The molecule has 8 nitrogen and oxygen atoms in total. The summed E-state index contributed by atoms with van der Waals surface area (Å²) in [4.78, 5) is 43.3. The Morgan fingerprint density at radius 2 is 1.90 bits per heavy atom. The molecule has 4 aliphatic rings. The number of hydrogen-bond acceptors (Lipinski definition) is 5. The van der Waals surface area contributed by atoms with Crippen molar-refractivity contribution >= 4 is 35.0 Å². The summed E-state index contributed by atoms with van der Waals surface area (Å²) in [6.07, 6.45) is 8.18. The number of carbonyl (C=O) groups excluding carboxylic acids is 3. The van der Waals surface area contributed by atoms with Gasteiger partial charge in [0, 0.05) is 22.3 Å². The van der Waals surface area contributed by atoms with E-state index in [-0.39, 0.29) is 30.3 Å². The number of para-hydroxylation sites is 1. The molecule has 2 aromatic rings. The minimum absolute atomic E-state index is 0.0643. The summed E-state index contributed by atoms with van der Waals surface area (Å²) in [5.74, 6) is -1.84. The van der Waals surface area contributed by atoms with E-state index in [1.54, 1.807) is 36.3 Å². The van der Waals surface area contributed by atoms with Gasteiger partial charge in [-0.05, 0) is 37.1 Å². The molecule has 3 amide bonds. The number of amides is 3. The van der Waals surface area contributed by atoms with Crippen LogP contribution >= 0.6 is 11.6 Å². The number of benzene rings is 2. The molecule has 1 saturated carbocycles. The van der Waals surface area contributed by atoms with Crippen molar-refractivity contribution in [1.82, 2.24) is 10.2 Å². The van der Waals surface area contributed by atoms with Crippen LogP contribution in [0.4, 0.5) is 5.69 Å². The number of likely N-dealkylation sites (tertiary alicyclic amines) is 1. The lowest BCUT2D eigenvalue weighted by Gasteiger charge is -2.34. The first kappa shape index (κ1) is 25.9. The van der Waals surface area contributed by atoms with E-state index in [0.717, 1.165) is 37.7 Å². The Kier molecular flexibility index (Phi) is 6.85. The van der Waals surface area contributed by atoms with Crippen LogP contribution in [0.1, 0.15) is 37.7 Å². The molecule has 2 N–H and O–H groups in total. The normalized spacial score (nSPS) is 29.4. The summed E-state index contributed by atoms with van der Waals surface area (Å²) < 4.78 is 12.0. The van der Waals surface area contributed by atoms with Gasteiger partial charge in [-0.2, -0.15) is 0 Å². The van der Waals surface area contributed by atoms with Crippen LogP contribution in [-0.4, -0.2) is 53.5 Å². The van der Waals surface area contributed by atoms with E-state index in [1.807, 2.05) is 36.4 Å². The number of hydrogen-bond donors (Lipinski definition) is 2. The molecule has 1 aliphatic carbocycles. The highest BCUT2D eigenvalue weighted by atomic mass is 35.5. The van der Waals surface area contributed by atoms with Gasteiger partial charge < -0.3 is 25.0 Å². The van der Waals surface area contributed by atoms with Crippen LogP contribution in [0.5, 0.6) is 5.75 Å². The van der Waals surface area contributed by atoms with Crippen molar-refractivity contribution in [2.75, 3.05) is 12.4 Å². The molecule has 0 aromatic heterocycles. The Bertz CT molecular complexity index is 1330. The molecular weight excluding hydrogens is 518 g/mol. The number of nitrogens with zero attached hydrogens (tertiary/aromatic N) is 1. The van der Waals surface area contributed by atoms with Crippen LogP contribution in [0.3, 0.4) is 0 Å². The van der Waals surface area contributed by atoms with E-state index in [9.17, 15) is 14.4 Å². The summed E-state index contributed by atoms with van der Waals surface area (Å²) in [5.41, 5.74) is 0.0913. The highest BCUT2D eigenvalue weighted by Gasteiger charge is 2.72. The zero-order valence-electron chi connectivity index (χ0n) is 21.8. The Hall–Kier alpha value is -3.36. The second-order valence-corrected chi connectivity index (χ2v) is 11.3. The van der Waals surface area contributed by atoms with Crippen LogP contribution in [-0.2, 0) is 25.7 Å². The minimum atomic E-state index is -1.22. The molecule has 3 fully saturated rings. The Morgan fingerprint density at radius 1 is 1.10 bits per heavy atom. The van der Waals surface area contributed by atoms with E-state index in [2.05, 4.69) is 10.6 Å². The molecule has 2 saturated heterocycles. The SMILES string of the molecule is COc1ccccc1CN1C(=O)[C@H]2[C@@H](C(=O)Nc3cccc(Cl)c3)[C@H]3C=C[C@@]2(O3)[C@H]1C(=O)NC1CCCCC1. The number of ether oxygens (including phenoxy) is 2. The Labute approximate surface area is 232 Å². The lowest BCUT2D eigenvalue weighted by Crippen LogP contribution is -2.56. The zero-order valence-corrected chi connectivity index (χ0v) is 22.5. The predicted octanol–water partition coefficient (Wildman–Crippen LogP) is 4.09. The highest BCUT2D eigenvalue weighted by molar-refractivity contribution is 6.30. The van der Waals surface area contributed by atoms with Crippen molar-refractivity contribution in [3.63, 3.8) is 0 Å². The van der Waals surface area contributed by atoms with Gasteiger partial charge in [0.1, 0.15) is 17.4 Å². The molecule has 5 atom stereocenters. The minimum Gasteiger partial charge on any atom is -0.496 e. The number of nitrogens with one attached hydrogen (secondary N) is 2. The number of fused-ring (bicyclic) bond motifs is 1. The third-order valence-corrected chi connectivity index (χ3v) is 8.74. The molecule has 204 valence electrons. The summed E-state index contributed by atoms with van der Waals surface area (Å²) in [7, 11) is 1.58. The van der Waals surface area contributed by atoms with E-state index in [1.165, 1.54) is 0 Å². The molecule has 6 rings (SSSR count). The van der Waals surface area contributed by atoms with Gasteiger partial charge >= 0.3 is 0 Å². The summed E-state index contributed by atoms with van der Waals surface area (Å²) in [5, 5.41) is 6.61. The number of anilines is 1. The topological polar surface area (TPSA) is 97.0 Å². The molecule has 9 heteroatoms. The average Bonchev–Trinajstić information content (AvgIpc) is 3.57. The first-order chi connectivity index (χ1) is 18.9.